The third-order valence-corrected chi connectivity index (χ3v) is 5.17. The Kier molecular flexibility index (Phi) is 8.19. The van der Waals surface area contributed by atoms with Crippen molar-refractivity contribution in [3.63, 3.8) is 0 Å². The van der Waals surface area contributed by atoms with Gasteiger partial charge in [0, 0.05) is 37.1 Å². The minimum absolute atomic E-state index is 0.00907. The first-order valence-corrected chi connectivity index (χ1v) is 10.9. The number of rotatable bonds is 8. The van der Waals surface area contributed by atoms with E-state index in [1.807, 2.05) is 6.92 Å². The molecule has 0 spiro atoms. The topological polar surface area (TPSA) is 61.8 Å². The predicted molar refractivity (Wildman–Crippen MR) is 120 cm³/mol. The second kappa shape index (κ2) is 11.1. The van der Waals surface area contributed by atoms with Gasteiger partial charge in [0.25, 0.3) is 0 Å². The number of pyridine rings is 1. The average Bonchev–Trinajstić information content (AvgIpc) is 3.31. The van der Waals surface area contributed by atoms with Gasteiger partial charge >= 0.3 is 6.18 Å². The van der Waals surface area contributed by atoms with Crippen molar-refractivity contribution in [2.45, 2.75) is 45.5 Å². The first kappa shape index (κ1) is 23.7. The van der Waals surface area contributed by atoms with Crippen molar-refractivity contribution in [3.05, 3.63) is 53.7 Å². The highest BCUT2D eigenvalue weighted by molar-refractivity contribution is 5.80. The summed E-state index contributed by atoms with van der Waals surface area (Å²) < 4.78 is 42.4. The Balaban J connectivity index is 1.68. The maximum atomic E-state index is 12.5. The molecule has 0 saturated carbocycles. The van der Waals surface area contributed by atoms with E-state index in [9.17, 15) is 13.2 Å². The van der Waals surface area contributed by atoms with Crippen molar-refractivity contribution in [1.29, 1.82) is 0 Å². The molecule has 174 valence electrons. The van der Waals surface area contributed by atoms with Gasteiger partial charge in [0.15, 0.2) is 12.6 Å². The molecule has 6 nitrogen and oxygen atoms in total. The number of nitrogens with one attached hydrogen (secondary N) is 2. The third-order valence-electron chi connectivity index (χ3n) is 5.17. The van der Waals surface area contributed by atoms with Crippen LogP contribution in [0.2, 0.25) is 0 Å². The summed E-state index contributed by atoms with van der Waals surface area (Å²) >= 11 is 0. The van der Waals surface area contributed by atoms with Gasteiger partial charge in [-0.05, 0) is 50.5 Å². The van der Waals surface area contributed by atoms with Crippen LogP contribution >= 0.6 is 0 Å². The molecule has 2 aromatic rings. The zero-order valence-corrected chi connectivity index (χ0v) is 18.5. The Morgan fingerprint density at radius 1 is 1.22 bits per heavy atom. The molecule has 1 aliphatic rings. The standard InChI is InChI=1S/C23H30F3N5O/c1-3-27-22(29-15-19-9-7-11-28-21(19)32-16-23(24,25)26)30-17(2)18-8-6-10-20(14-18)31-12-4-5-13-31/h6-11,14,17H,3-5,12-13,15-16H2,1-2H3,(H2,27,29,30). The quantitative estimate of drug-likeness (QED) is 0.461. The Bertz CT molecular complexity index is 897. The number of guanidine groups is 1. The Morgan fingerprint density at radius 3 is 2.72 bits per heavy atom. The van der Waals surface area contributed by atoms with Gasteiger partial charge in [0.1, 0.15) is 0 Å². The molecular formula is C23H30F3N5O. The van der Waals surface area contributed by atoms with Gasteiger partial charge in [-0.25, -0.2) is 9.98 Å². The van der Waals surface area contributed by atoms with E-state index in [0.717, 1.165) is 18.7 Å². The number of aromatic nitrogens is 1. The molecule has 1 aromatic carbocycles. The van der Waals surface area contributed by atoms with Crippen molar-refractivity contribution in [2.75, 3.05) is 31.1 Å². The first-order valence-electron chi connectivity index (χ1n) is 10.9. The maximum absolute atomic E-state index is 12.5. The number of nitrogens with zero attached hydrogens (tertiary/aromatic N) is 3. The summed E-state index contributed by atoms with van der Waals surface area (Å²) in [7, 11) is 0. The molecule has 1 aliphatic heterocycles. The van der Waals surface area contributed by atoms with Gasteiger partial charge in [-0.15, -0.1) is 0 Å². The van der Waals surface area contributed by atoms with Crippen molar-refractivity contribution in [1.82, 2.24) is 15.6 Å². The van der Waals surface area contributed by atoms with Crippen molar-refractivity contribution in [2.24, 2.45) is 4.99 Å². The van der Waals surface area contributed by atoms with Crippen LogP contribution in [0.4, 0.5) is 18.9 Å². The van der Waals surface area contributed by atoms with Crippen LogP contribution in [0.25, 0.3) is 0 Å². The van der Waals surface area contributed by atoms with Crippen molar-refractivity contribution < 1.29 is 17.9 Å². The molecule has 1 aromatic heterocycles. The van der Waals surface area contributed by atoms with Crippen LogP contribution in [-0.2, 0) is 6.54 Å². The van der Waals surface area contributed by atoms with E-state index in [2.05, 4.69) is 56.7 Å². The van der Waals surface area contributed by atoms with E-state index in [-0.39, 0.29) is 18.5 Å². The van der Waals surface area contributed by atoms with Crippen LogP contribution in [0.15, 0.2) is 47.6 Å². The molecule has 1 unspecified atom stereocenters. The summed E-state index contributed by atoms with van der Waals surface area (Å²) in [5.41, 5.74) is 2.84. The Hall–Kier alpha value is -2.97. The van der Waals surface area contributed by atoms with Crippen LogP contribution in [0, 0.1) is 0 Å². The van der Waals surface area contributed by atoms with E-state index in [0.29, 0.717) is 18.1 Å². The minimum atomic E-state index is -4.42. The molecule has 0 amide bonds. The summed E-state index contributed by atoms with van der Waals surface area (Å²) in [6.07, 6.45) is -0.581. The highest BCUT2D eigenvalue weighted by Gasteiger charge is 2.29. The molecule has 2 N–H and O–H groups in total. The zero-order chi connectivity index (χ0) is 23.0. The SMILES string of the molecule is CCNC(=NCc1cccnc1OCC(F)(F)F)NC(C)c1cccc(N2CCCC2)c1. The molecule has 1 fully saturated rings. The van der Waals surface area contributed by atoms with E-state index in [1.54, 1.807) is 12.1 Å². The summed E-state index contributed by atoms with van der Waals surface area (Å²) in [4.78, 5) is 10.9. The molecule has 9 heteroatoms. The minimum Gasteiger partial charge on any atom is -0.468 e. The van der Waals surface area contributed by atoms with E-state index in [1.165, 1.54) is 24.7 Å². The molecule has 32 heavy (non-hydrogen) atoms. The summed E-state index contributed by atoms with van der Waals surface area (Å²) in [5, 5.41) is 6.56. The lowest BCUT2D eigenvalue weighted by atomic mass is 10.1. The fraction of sp³-hybridized carbons (Fsp3) is 0.478. The number of halogens is 3. The summed E-state index contributed by atoms with van der Waals surface area (Å²) in [6.45, 7) is 5.57. The fourth-order valence-corrected chi connectivity index (χ4v) is 3.56. The summed E-state index contributed by atoms with van der Waals surface area (Å²) in [6, 6.07) is 11.8. The van der Waals surface area contributed by atoms with Gasteiger partial charge in [0.2, 0.25) is 5.88 Å². The number of hydrogen-bond acceptors (Lipinski definition) is 4. The van der Waals surface area contributed by atoms with Crippen molar-refractivity contribution in [3.8, 4) is 5.88 Å². The van der Waals surface area contributed by atoms with Gasteiger partial charge in [0.05, 0.1) is 12.6 Å². The molecular weight excluding hydrogens is 419 g/mol. The van der Waals surface area contributed by atoms with Crippen molar-refractivity contribution >= 4 is 11.6 Å². The maximum Gasteiger partial charge on any atom is 0.422 e. The molecule has 0 aliphatic carbocycles. The van der Waals surface area contributed by atoms with Crippen LogP contribution < -0.4 is 20.3 Å². The largest absolute Gasteiger partial charge is 0.468 e. The second-order valence-electron chi connectivity index (χ2n) is 7.72. The lowest BCUT2D eigenvalue weighted by molar-refractivity contribution is -0.154. The number of hydrogen-bond donors (Lipinski definition) is 2. The lowest BCUT2D eigenvalue weighted by Crippen LogP contribution is -2.38. The highest BCUT2D eigenvalue weighted by Crippen LogP contribution is 2.24. The zero-order valence-electron chi connectivity index (χ0n) is 18.5. The van der Waals surface area contributed by atoms with Gasteiger partial charge < -0.3 is 20.3 Å². The molecule has 2 heterocycles. The van der Waals surface area contributed by atoms with Gasteiger partial charge in [-0.3, -0.25) is 0 Å². The van der Waals surface area contributed by atoms with Gasteiger partial charge in [-0.1, -0.05) is 18.2 Å². The Labute approximate surface area is 186 Å². The normalized spacial score (nSPS) is 15.5. The van der Waals surface area contributed by atoms with Gasteiger partial charge in [-0.2, -0.15) is 13.2 Å². The van der Waals surface area contributed by atoms with E-state index in [4.69, 9.17) is 4.74 Å². The number of ether oxygens (including phenoxy) is 1. The molecule has 0 radical (unpaired) electrons. The number of benzene rings is 1. The third kappa shape index (κ3) is 7.03. The molecule has 0 bridgehead atoms. The number of aliphatic imine (C=N–C) groups is 1. The molecule has 3 rings (SSSR count). The molecule has 1 saturated heterocycles. The monoisotopic (exact) mass is 449 g/mol. The van der Waals surface area contributed by atoms with Crippen LogP contribution in [0.1, 0.15) is 43.9 Å². The number of anilines is 1. The average molecular weight is 450 g/mol. The summed E-state index contributed by atoms with van der Waals surface area (Å²) in [5.74, 6) is 0.507. The lowest BCUT2D eigenvalue weighted by Gasteiger charge is -2.22. The molecule has 1 atom stereocenters. The van der Waals surface area contributed by atoms with E-state index >= 15 is 0 Å². The van der Waals surface area contributed by atoms with Crippen LogP contribution in [0.3, 0.4) is 0 Å². The van der Waals surface area contributed by atoms with Crippen LogP contribution in [0.5, 0.6) is 5.88 Å². The smallest absolute Gasteiger partial charge is 0.422 e. The predicted octanol–water partition coefficient (Wildman–Crippen LogP) is 4.44. The first-order chi connectivity index (χ1) is 15.4. The Morgan fingerprint density at radius 2 is 2.00 bits per heavy atom. The second-order valence-corrected chi connectivity index (χ2v) is 7.72. The highest BCUT2D eigenvalue weighted by atomic mass is 19.4. The fourth-order valence-electron chi connectivity index (χ4n) is 3.56. The number of alkyl halides is 3. The van der Waals surface area contributed by atoms with E-state index < -0.39 is 12.8 Å². The van der Waals surface area contributed by atoms with Crippen LogP contribution in [-0.4, -0.2) is 43.4 Å².